The van der Waals surface area contributed by atoms with Crippen molar-refractivity contribution in [2.24, 2.45) is 0 Å². The number of aromatic nitrogens is 1. The molecule has 0 amide bonds. The number of anilines is 1. The van der Waals surface area contributed by atoms with Crippen LogP contribution < -0.4 is 9.46 Å². The summed E-state index contributed by atoms with van der Waals surface area (Å²) in [6, 6.07) is 8.95. The fraction of sp³-hybridized carbons (Fsp3) is 0.0625. The van der Waals surface area contributed by atoms with Crippen molar-refractivity contribution in [3.63, 3.8) is 0 Å². The van der Waals surface area contributed by atoms with E-state index in [2.05, 4.69) is 9.71 Å². The molecule has 0 unspecified atom stereocenters. The molecule has 2 aromatic carbocycles. The molecule has 0 aliphatic carbocycles. The van der Waals surface area contributed by atoms with Crippen molar-refractivity contribution in [1.29, 1.82) is 0 Å². The molecule has 130 valence electrons. The van der Waals surface area contributed by atoms with Crippen LogP contribution in [-0.4, -0.2) is 20.5 Å². The Hall–Kier alpha value is -2.52. The van der Waals surface area contributed by atoms with E-state index in [0.29, 0.717) is 5.75 Å². The molecule has 9 heteroatoms. The standard InChI is InChI=1S/C16H12F2N2O3S2/c1-23-11-3-5-12(6-4-11)25(21,22)20-16-19-15(9-24-16)13-7-2-10(17)8-14(13)18/h2-9H,1H3,(H,19,20). The second-order valence-corrected chi connectivity index (χ2v) is 7.48. The molecule has 25 heavy (non-hydrogen) atoms. The van der Waals surface area contributed by atoms with Gasteiger partial charge in [0, 0.05) is 17.0 Å². The van der Waals surface area contributed by atoms with Crippen molar-refractivity contribution in [2.75, 3.05) is 11.8 Å². The molecule has 5 nitrogen and oxygen atoms in total. The third-order valence-electron chi connectivity index (χ3n) is 3.30. The van der Waals surface area contributed by atoms with Crippen LogP contribution in [0.2, 0.25) is 0 Å². The summed E-state index contributed by atoms with van der Waals surface area (Å²) in [6.45, 7) is 0. The van der Waals surface area contributed by atoms with Gasteiger partial charge in [-0.1, -0.05) is 0 Å². The Bertz CT molecular complexity index is 1000. The number of thiazole rings is 1. The molecule has 0 bridgehead atoms. The number of nitrogens with one attached hydrogen (secondary N) is 1. The van der Waals surface area contributed by atoms with Crippen molar-refractivity contribution in [3.8, 4) is 17.0 Å². The minimum atomic E-state index is -3.84. The summed E-state index contributed by atoms with van der Waals surface area (Å²) in [4.78, 5) is 4.10. The van der Waals surface area contributed by atoms with E-state index in [0.717, 1.165) is 23.5 Å². The van der Waals surface area contributed by atoms with Crippen LogP contribution in [0.5, 0.6) is 5.75 Å². The van der Waals surface area contributed by atoms with Crippen LogP contribution in [0.1, 0.15) is 0 Å². The average Bonchev–Trinajstić information content (AvgIpc) is 3.02. The highest BCUT2D eigenvalue weighted by atomic mass is 32.2. The van der Waals surface area contributed by atoms with Crippen LogP contribution in [0.4, 0.5) is 13.9 Å². The first kappa shape index (κ1) is 17.3. The van der Waals surface area contributed by atoms with Crippen molar-refractivity contribution in [1.82, 2.24) is 4.98 Å². The second kappa shape index (κ2) is 6.77. The van der Waals surface area contributed by atoms with E-state index >= 15 is 0 Å². The summed E-state index contributed by atoms with van der Waals surface area (Å²) in [7, 11) is -2.36. The first-order valence-corrected chi connectivity index (χ1v) is 9.33. The normalized spacial score (nSPS) is 11.3. The SMILES string of the molecule is COc1ccc(S(=O)(=O)Nc2nc(-c3ccc(F)cc3F)cs2)cc1. The summed E-state index contributed by atoms with van der Waals surface area (Å²) in [5.41, 5.74) is 0.308. The van der Waals surface area contributed by atoms with Gasteiger partial charge in [0.2, 0.25) is 0 Å². The molecule has 0 atom stereocenters. The molecule has 0 fully saturated rings. The first-order valence-electron chi connectivity index (χ1n) is 6.97. The lowest BCUT2D eigenvalue weighted by molar-refractivity contribution is 0.414. The number of hydrogen-bond donors (Lipinski definition) is 1. The number of benzene rings is 2. The maximum atomic E-state index is 13.8. The van der Waals surface area contributed by atoms with Gasteiger partial charge in [0.05, 0.1) is 17.7 Å². The number of sulfonamides is 1. The Kier molecular flexibility index (Phi) is 4.69. The quantitative estimate of drug-likeness (QED) is 0.727. The highest BCUT2D eigenvalue weighted by molar-refractivity contribution is 7.93. The molecule has 1 heterocycles. The summed E-state index contributed by atoms with van der Waals surface area (Å²) in [5, 5.41) is 1.57. The molecule has 0 saturated heterocycles. The van der Waals surface area contributed by atoms with Gasteiger partial charge in [-0.25, -0.2) is 22.2 Å². The lowest BCUT2D eigenvalue weighted by Crippen LogP contribution is -2.12. The van der Waals surface area contributed by atoms with Crippen LogP contribution in [0.25, 0.3) is 11.3 Å². The van der Waals surface area contributed by atoms with Crippen molar-refractivity contribution >= 4 is 26.5 Å². The van der Waals surface area contributed by atoms with Gasteiger partial charge in [0.15, 0.2) is 5.13 Å². The van der Waals surface area contributed by atoms with E-state index in [1.165, 1.54) is 42.8 Å². The van der Waals surface area contributed by atoms with E-state index in [-0.39, 0.29) is 21.3 Å². The fourth-order valence-electron chi connectivity index (χ4n) is 2.07. The molecule has 0 saturated carbocycles. The minimum Gasteiger partial charge on any atom is -0.497 e. The van der Waals surface area contributed by atoms with Gasteiger partial charge in [-0.3, -0.25) is 4.72 Å². The molecule has 1 aromatic heterocycles. The third-order valence-corrected chi connectivity index (χ3v) is 5.54. The number of methoxy groups -OCH3 is 1. The van der Waals surface area contributed by atoms with Gasteiger partial charge in [0.25, 0.3) is 10.0 Å². The van der Waals surface area contributed by atoms with Gasteiger partial charge in [-0.2, -0.15) is 0 Å². The first-order chi connectivity index (χ1) is 11.9. The van der Waals surface area contributed by atoms with Gasteiger partial charge in [-0.05, 0) is 36.4 Å². The van der Waals surface area contributed by atoms with Gasteiger partial charge >= 0.3 is 0 Å². The smallest absolute Gasteiger partial charge is 0.263 e. The summed E-state index contributed by atoms with van der Waals surface area (Å²) >= 11 is 1.000. The third kappa shape index (κ3) is 3.77. The Balaban J connectivity index is 1.84. The molecular formula is C16H12F2N2O3S2. The van der Waals surface area contributed by atoms with Crippen LogP contribution in [0.15, 0.2) is 52.7 Å². The minimum absolute atomic E-state index is 0.0398. The fourth-order valence-corrected chi connectivity index (χ4v) is 4.03. The van der Waals surface area contributed by atoms with E-state index in [4.69, 9.17) is 4.74 Å². The number of nitrogens with zero attached hydrogens (tertiary/aromatic N) is 1. The molecule has 0 radical (unpaired) electrons. The van der Waals surface area contributed by atoms with Gasteiger partial charge in [-0.15, -0.1) is 11.3 Å². The maximum Gasteiger partial charge on any atom is 0.263 e. The van der Waals surface area contributed by atoms with Crippen molar-refractivity contribution < 1.29 is 21.9 Å². The lowest BCUT2D eigenvalue weighted by atomic mass is 10.1. The number of halogens is 2. The highest BCUT2D eigenvalue weighted by Crippen LogP contribution is 2.29. The van der Waals surface area contributed by atoms with Crippen molar-refractivity contribution in [3.05, 3.63) is 59.5 Å². The van der Waals surface area contributed by atoms with Crippen LogP contribution in [0, 0.1) is 11.6 Å². The largest absolute Gasteiger partial charge is 0.497 e. The zero-order valence-corrected chi connectivity index (χ0v) is 14.5. The zero-order chi connectivity index (χ0) is 18.0. The van der Waals surface area contributed by atoms with E-state index in [1.54, 1.807) is 0 Å². The molecule has 3 rings (SSSR count). The second-order valence-electron chi connectivity index (χ2n) is 4.94. The number of rotatable bonds is 5. The van der Waals surface area contributed by atoms with Crippen LogP contribution >= 0.6 is 11.3 Å². The van der Waals surface area contributed by atoms with Gasteiger partial charge in [0.1, 0.15) is 17.4 Å². The Morgan fingerprint density at radius 2 is 1.84 bits per heavy atom. The molecule has 0 spiro atoms. The summed E-state index contributed by atoms with van der Waals surface area (Å²) in [5.74, 6) is -0.936. The maximum absolute atomic E-state index is 13.8. The molecule has 3 aromatic rings. The summed E-state index contributed by atoms with van der Waals surface area (Å²) < 4.78 is 58.8. The highest BCUT2D eigenvalue weighted by Gasteiger charge is 2.17. The van der Waals surface area contributed by atoms with Crippen LogP contribution in [-0.2, 0) is 10.0 Å². The molecule has 0 aliphatic rings. The topological polar surface area (TPSA) is 68.3 Å². The molecule has 0 aliphatic heterocycles. The predicted octanol–water partition coefficient (Wildman–Crippen LogP) is 3.90. The van der Waals surface area contributed by atoms with Gasteiger partial charge < -0.3 is 4.74 Å². The lowest BCUT2D eigenvalue weighted by Gasteiger charge is -2.06. The number of ether oxygens (including phenoxy) is 1. The molecule has 1 N–H and O–H groups in total. The Morgan fingerprint density at radius 1 is 1.12 bits per heavy atom. The molecular weight excluding hydrogens is 370 g/mol. The summed E-state index contributed by atoms with van der Waals surface area (Å²) in [6.07, 6.45) is 0. The van der Waals surface area contributed by atoms with E-state index in [1.807, 2.05) is 0 Å². The predicted molar refractivity (Wildman–Crippen MR) is 91.3 cm³/mol. The van der Waals surface area contributed by atoms with E-state index in [9.17, 15) is 17.2 Å². The average molecular weight is 382 g/mol. The van der Waals surface area contributed by atoms with Crippen LogP contribution in [0.3, 0.4) is 0 Å². The van der Waals surface area contributed by atoms with Crippen molar-refractivity contribution in [2.45, 2.75) is 4.90 Å². The van der Waals surface area contributed by atoms with E-state index < -0.39 is 21.7 Å². The number of hydrogen-bond acceptors (Lipinski definition) is 5. The zero-order valence-electron chi connectivity index (χ0n) is 12.9. The Morgan fingerprint density at radius 3 is 2.48 bits per heavy atom. The monoisotopic (exact) mass is 382 g/mol. The Labute approximate surface area is 147 Å².